The Balaban J connectivity index is 1.85. The van der Waals surface area contributed by atoms with E-state index in [1.165, 1.54) is 53.6 Å². The Morgan fingerprint density at radius 1 is 0.929 bits per heavy atom. The average Bonchev–Trinajstić information content (AvgIpc) is 2.95. The monoisotopic (exact) mass is 381 g/mol. The third-order valence-electron chi connectivity index (χ3n) is 5.30. The lowest BCUT2D eigenvalue weighted by Gasteiger charge is -2.09. The van der Waals surface area contributed by atoms with Crippen molar-refractivity contribution in [1.82, 2.24) is 9.88 Å². The van der Waals surface area contributed by atoms with E-state index in [2.05, 4.69) is 54.3 Å². The van der Waals surface area contributed by atoms with Gasteiger partial charge < -0.3 is 25.4 Å². The number of nitrogens with zero attached hydrogens (tertiary/aromatic N) is 1. The topological polar surface area (TPSA) is 69.5 Å². The summed E-state index contributed by atoms with van der Waals surface area (Å²) < 4.78 is 2.28. The van der Waals surface area contributed by atoms with E-state index in [4.69, 9.17) is 0 Å². The van der Waals surface area contributed by atoms with Gasteiger partial charge in [0.15, 0.2) is 11.5 Å². The second-order valence-electron chi connectivity index (χ2n) is 7.28. The maximum absolute atomic E-state index is 9.70. The third kappa shape index (κ3) is 4.25. The van der Waals surface area contributed by atoms with Crippen LogP contribution in [-0.2, 0) is 20.0 Å². The molecule has 0 aliphatic rings. The Bertz CT molecular complexity index is 947. The quantitative estimate of drug-likeness (QED) is 0.234. The molecule has 5 heteroatoms. The first-order valence-electron chi connectivity index (χ1n) is 10.1. The number of aryl methyl sites for hydroxylation is 1. The predicted octanol–water partition coefficient (Wildman–Crippen LogP) is 5.18. The van der Waals surface area contributed by atoms with Crippen LogP contribution in [-0.4, -0.2) is 21.3 Å². The summed E-state index contributed by atoms with van der Waals surface area (Å²) in [4.78, 5) is 0. The van der Waals surface area contributed by atoms with Crippen LogP contribution in [0, 0.1) is 0 Å². The summed E-state index contributed by atoms with van der Waals surface area (Å²) in [5.74, 6) is -0.248. The minimum atomic E-state index is -0.130. The molecule has 0 aliphatic carbocycles. The Hall–Kier alpha value is -2.66. The molecule has 2 aromatic carbocycles. The number of benzene rings is 2. The largest absolute Gasteiger partial charge is 0.504 e. The van der Waals surface area contributed by atoms with Crippen molar-refractivity contribution in [3.63, 3.8) is 0 Å². The van der Waals surface area contributed by atoms with Gasteiger partial charge in [-0.1, -0.05) is 32.8 Å². The van der Waals surface area contributed by atoms with Crippen LogP contribution in [0.4, 0.5) is 11.4 Å². The number of nitrogens with one attached hydrogen (secondary N) is 2. The molecule has 0 radical (unpaired) electrons. The number of phenols is 2. The number of unbranched alkanes of at least 4 members (excludes halogenated alkanes) is 2. The molecule has 3 rings (SSSR count). The van der Waals surface area contributed by atoms with Gasteiger partial charge in [0.05, 0.1) is 5.52 Å². The summed E-state index contributed by atoms with van der Waals surface area (Å²) in [5.41, 5.74) is 5.61. The first kappa shape index (κ1) is 20.1. The van der Waals surface area contributed by atoms with E-state index in [9.17, 15) is 10.2 Å². The summed E-state index contributed by atoms with van der Waals surface area (Å²) in [6, 6.07) is 11.1. The molecule has 0 amide bonds. The fraction of sp³-hybridized carbons (Fsp3) is 0.391. The Morgan fingerprint density at radius 2 is 1.68 bits per heavy atom. The summed E-state index contributed by atoms with van der Waals surface area (Å²) in [6.45, 7) is 6.37. The van der Waals surface area contributed by atoms with E-state index in [1.807, 2.05) is 0 Å². The lowest BCUT2D eigenvalue weighted by atomic mass is 10.1. The normalized spacial score (nSPS) is 11.2. The molecule has 5 nitrogen and oxygen atoms in total. The smallest absolute Gasteiger partial charge is 0.159 e. The van der Waals surface area contributed by atoms with Gasteiger partial charge in [0.25, 0.3) is 0 Å². The fourth-order valence-corrected chi connectivity index (χ4v) is 3.77. The maximum atomic E-state index is 9.70. The summed E-state index contributed by atoms with van der Waals surface area (Å²) in [6.07, 6.45) is 4.72. The van der Waals surface area contributed by atoms with Gasteiger partial charge in [-0.3, -0.25) is 0 Å². The highest BCUT2D eigenvalue weighted by molar-refractivity contribution is 5.89. The van der Waals surface area contributed by atoms with Crippen molar-refractivity contribution >= 4 is 22.3 Å². The molecule has 0 bridgehead atoms. The molecule has 150 valence electrons. The Kier molecular flexibility index (Phi) is 6.47. The number of aromatic nitrogens is 1. The summed E-state index contributed by atoms with van der Waals surface area (Å²) in [7, 11) is 2.12. The third-order valence-corrected chi connectivity index (χ3v) is 5.30. The van der Waals surface area contributed by atoms with E-state index in [-0.39, 0.29) is 11.5 Å². The van der Waals surface area contributed by atoms with Gasteiger partial charge in [-0.25, -0.2) is 0 Å². The molecule has 0 spiro atoms. The van der Waals surface area contributed by atoms with Gasteiger partial charge in [-0.05, 0) is 49.2 Å². The SMILES string of the molecule is CCCCCNCc1c(CC)n(C)c2cc(Nc3ccc(O)c(O)c3)ccc12. The molecule has 1 heterocycles. The minimum absolute atomic E-state index is 0.118. The lowest BCUT2D eigenvalue weighted by molar-refractivity contribution is 0.404. The first-order valence-corrected chi connectivity index (χ1v) is 10.1. The second-order valence-corrected chi connectivity index (χ2v) is 7.28. The Labute approximate surface area is 167 Å². The average molecular weight is 382 g/mol. The zero-order valence-electron chi connectivity index (χ0n) is 17.0. The van der Waals surface area contributed by atoms with E-state index >= 15 is 0 Å². The van der Waals surface area contributed by atoms with Crippen LogP contribution in [0.3, 0.4) is 0 Å². The van der Waals surface area contributed by atoms with Gasteiger partial charge in [0.1, 0.15) is 0 Å². The molecule has 0 saturated heterocycles. The predicted molar refractivity (Wildman–Crippen MR) is 117 cm³/mol. The first-order chi connectivity index (χ1) is 13.5. The van der Waals surface area contributed by atoms with E-state index in [0.717, 1.165) is 30.9 Å². The molecule has 0 unspecified atom stereocenters. The van der Waals surface area contributed by atoms with Gasteiger partial charge in [0.2, 0.25) is 0 Å². The molecule has 0 atom stereocenters. The van der Waals surface area contributed by atoms with Crippen LogP contribution in [0.5, 0.6) is 11.5 Å². The fourth-order valence-electron chi connectivity index (χ4n) is 3.77. The van der Waals surface area contributed by atoms with Gasteiger partial charge >= 0.3 is 0 Å². The number of hydrogen-bond acceptors (Lipinski definition) is 4. The molecule has 28 heavy (non-hydrogen) atoms. The lowest BCUT2D eigenvalue weighted by Crippen LogP contribution is -2.15. The maximum Gasteiger partial charge on any atom is 0.159 e. The molecular weight excluding hydrogens is 350 g/mol. The zero-order chi connectivity index (χ0) is 20.1. The van der Waals surface area contributed by atoms with Crippen molar-refractivity contribution in [1.29, 1.82) is 0 Å². The zero-order valence-corrected chi connectivity index (χ0v) is 17.0. The van der Waals surface area contributed by atoms with Gasteiger partial charge in [-0.15, -0.1) is 0 Å². The van der Waals surface area contributed by atoms with Crippen molar-refractivity contribution in [3.8, 4) is 11.5 Å². The molecular formula is C23H31N3O2. The van der Waals surface area contributed by atoms with E-state index in [0.29, 0.717) is 0 Å². The number of phenolic OH excluding ortho intramolecular Hbond substituents is 2. The molecule has 3 aromatic rings. The van der Waals surface area contributed by atoms with E-state index in [1.54, 1.807) is 6.07 Å². The Morgan fingerprint density at radius 3 is 2.39 bits per heavy atom. The molecule has 4 N–H and O–H groups in total. The van der Waals surface area contributed by atoms with Crippen LogP contribution in [0.15, 0.2) is 36.4 Å². The van der Waals surface area contributed by atoms with E-state index < -0.39 is 0 Å². The minimum Gasteiger partial charge on any atom is -0.504 e. The molecule has 0 aliphatic heterocycles. The van der Waals surface area contributed by atoms with Crippen LogP contribution >= 0.6 is 0 Å². The highest BCUT2D eigenvalue weighted by Gasteiger charge is 2.14. The van der Waals surface area contributed by atoms with Gasteiger partial charge in [-0.2, -0.15) is 0 Å². The van der Waals surface area contributed by atoms with Crippen molar-refractivity contribution in [2.45, 2.75) is 46.1 Å². The summed E-state index contributed by atoms with van der Waals surface area (Å²) in [5, 5.41) is 27.4. The highest BCUT2D eigenvalue weighted by Crippen LogP contribution is 2.32. The van der Waals surface area contributed by atoms with Crippen molar-refractivity contribution in [2.75, 3.05) is 11.9 Å². The highest BCUT2D eigenvalue weighted by atomic mass is 16.3. The number of anilines is 2. The number of aromatic hydroxyl groups is 2. The summed E-state index contributed by atoms with van der Waals surface area (Å²) >= 11 is 0. The van der Waals surface area contributed by atoms with Crippen LogP contribution in [0.1, 0.15) is 44.4 Å². The van der Waals surface area contributed by atoms with Crippen LogP contribution < -0.4 is 10.6 Å². The number of hydrogen-bond donors (Lipinski definition) is 4. The van der Waals surface area contributed by atoms with Crippen LogP contribution in [0.2, 0.25) is 0 Å². The molecule has 0 fully saturated rings. The van der Waals surface area contributed by atoms with Crippen molar-refractivity contribution in [3.05, 3.63) is 47.7 Å². The van der Waals surface area contributed by atoms with Gasteiger partial charge in [0, 0.05) is 42.1 Å². The molecule has 0 saturated carbocycles. The standard InChI is InChI=1S/C23H31N3O2/c1-4-6-7-12-24-15-19-18-10-8-16(13-21(18)26(3)20(19)5-2)25-17-9-11-22(27)23(28)14-17/h8-11,13-14,24-25,27-28H,4-7,12,15H2,1-3H3. The number of fused-ring (bicyclic) bond motifs is 1. The van der Waals surface area contributed by atoms with Crippen molar-refractivity contribution < 1.29 is 10.2 Å². The number of rotatable bonds is 9. The second kappa shape index (κ2) is 9.02. The van der Waals surface area contributed by atoms with Crippen molar-refractivity contribution in [2.24, 2.45) is 7.05 Å². The van der Waals surface area contributed by atoms with Crippen LogP contribution in [0.25, 0.3) is 10.9 Å². The molecule has 1 aromatic heterocycles.